The Balaban J connectivity index is 1.65. The zero-order valence-electron chi connectivity index (χ0n) is 18.9. The molecule has 4 rings (SSSR count). The summed E-state index contributed by atoms with van der Waals surface area (Å²) in [5.74, 6) is 0.785. The Hall–Kier alpha value is -2.66. The lowest BCUT2D eigenvalue weighted by molar-refractivity contribution is -0.134. The van der Waals surface area contributed by atoms with E-state index in [0.717, 1.165) is 26.5 Å². The molecular weight excluding hydrogens is 464 g/mol. The van der Waals surface area contributed by atoms with E-state index in [0.29, 0.717) is 32.0 Å². The highest BCUT2D eigenvalue weighted by molar-refractivity contribution is 9.10. The number of carbonyl (C=O) groups is 2. The van der Waals surface area contributed by atoms with Crippen LogP contribution in [0.2, 0.25) is 0 Å². The van der Waals surface area contributed by atoms with Crippen LogP contribution in [0.15, 0.2) is 59.7 Å². The molecule has 5 heteroatoms. The highest BCUT2D eigenvalue weighted by Crippen LogP contribution is 2.38. The number of likely N-dealkylation sites (tertiary alicyclic amines) is 1. The number of nitrogens with zero attached hydrogens (tertiary/aromatic N) is 2. The molecule has 1 amide bonds. The van der Waals surface area contributed by atoms with Gasteiger partial charge in [0.1, 0.15) is 0 Å². The summed E-state index contributed by atoms with van der Waals surface area (Å²) in [5.41, 5.74) is 5.92. The van der Waals surface area contributed by atoms with Crippen LogP contribution in [0.25, 0.3) is 22.0 Å². The Morgan fingerprint density at radius 3 is 2.59 bits per heavy atom. The molecule has 3 aromatic rings. The van der Waals surface area contributed by atoms with Gasteiger partial charge >= 0.3 is 0 Å². The number of aromatic nitrogens is 1. The minimum Gasteiger partial charge on any atom is -0.339 e. The van der Waals surface area contributed by atoms with Crippen LogP contribution in [0.1, 0.15) is 37.3 Å². The largest absolute Gasteiger partial charge is 0.339 e. The molecule has 4 nitrogen and oxygen atoms in total. The summed E-state index contributed by atoms with van der Waals surface area (Å²) in [6, 6.07) is 12.8. The van der Waals surface area contributed by atoms with E-state index < -0.39 is 0 Å². The molecule has 0 saturated carbocycles. The molecule has 0 N–H and O–H groups in total. The Morgan fingerprint density at radius 2 is 1.91 bits per heavy atom. The monoisotopic (exact) mass is 492 g/mol. The van der Waals surface area contributed by atoms with E-state index in [1.54, 1.807) is 4.90 Å². The molecule has 166 valence electrons. The molecule has 0 unspecified atom stereocenters. The van der Waals surface area contributed by atoms with Gasteiger partial charge in [0.25, 0.3) is 0 Å². The first-order valence-electron chi connectivity index (χ1n) is 11.1. The van der Waals surface area contributed by atoms with E-state index in [1.807, 2.05) is 0 Å². The number of fused-ring (bicyclic) bond motifs is 1. The maximum Gasteiger partial charge on any atom is 0.245 e. The molecule has 0 radical (unpaired) electrons. The van der Waals surface area contributed by atoms with E-state index >= 15 is 0 Å². The second-order valence-corrected chi connectivity index (χ2v) is 10.0. The van der Waals surface area contributed by atoms with Crippen molar-refractivity contribution in [1.29, 1.82) is 0 Å². The summed E-state index contributed by atoms with van der Waals surface area (Å²) in [4.78, 5) is 26.3. The molecule has 0 aliphatic carbocycles. The fourth-order valence-electron chi connectivity index (χ4n) is 4.78. The van der Waals surface area contributed by atoms with Crippen molar-refractivity contribution in [2.75, 3.05) is 13.1 Å². The molecule has 1 fully saturated rings. The smallest absolute Gasteiger partial charge is 0.245 e. The minimum absolute atomic E-state index is 0.0558. The number of ketones is 1. The standard InChI is InChI=1S/C27H29BrN2O2/c1-5-26(32)29-13-19(14-29)11-21(31)15-30-16-25(23-9-7-6-8-22(23)17(2)3)24-12-20(28)10-18(4)27(24)30/h5-10,12,16-17,19H,1,11,13-15H2,2-4H3. The van der Waals surface area contributed by atoms with E-state index in [2.05, 4.69) is 90.4 Å². The molecule has 0 spiro atoms. The zero-order valence-corrected chi connectivity index (χ0v) is 20.5. The predicted molar refractivity (Wildman–Crippen MR) is 134 cm³/mol. The van der Waals surface area contributed by atoms with Crippen molar-refractivity contribution in [2.24, 2.45) is 5.92 Å². The first-order chi connectivity index (χ1) is 15.3. The average molecular weight is 493 g/mol. The first kappa shape index (κ1) is 22.5. The lowest BCUT2D eigenvalue weighted by Gasteiger charge is -2.38. The van der Waals surface area contributed by atoms with Crippen LogP contribution in [-0.4, -0.2) is 34.2 Å². The first-order valence-corrected chi connectivity index (χ1v) is 11.9. The van der Waals surface area contributed by atoms with Gasteiger partial charge in [0.05, 0.1) is 12.1 Å². The Kier molecular flexibility index (Phi) is 6.38. The van der Waals surface area contributed by atoms with Gasteiger partial charge in [-0.2, -0.15) is 0 Å². The predicted octanol–water partition coefficient (Wildman–Crippen LogP) is 6.11. The van der Waals surface area contributed by atoms with Gasteiger partial charge in [0, 0.05) is 47.0 Å². The van der Waals surface area contributed by atoms with Gasteiger partial charge in [-0.15, -0.1) is 0 Å². The summed E-state index contributed by atoms with van der Waals surface area (Å²) < 4.78 is 3.15. The van der Waals surface area contributed by atoms with E-state index in [1.165, 1.54) is 17.2 Å². The molecule has 0 bridgehead atoms. The highest BCUT2D eigenvalue weighted by Gasteiger charge is 2.31. The van der Waals surface area contributed by atoms with Crippen molar-refractivity contribution in [3.8, 4) is 11.1 Å². The third-order valence-electron chi connectivity index (χ3n) is 6.31. The van der Waals surface area contributed by atoms with E-state index in [9.17, 15) is 9.59 Å². The van der Waals surface area contributed by atoms with Crippen molar-refractivity contribution in [3.05, 3.63) is 70.8 Å². The minimum atomic E-state index is -0.0558. The molecule has 2 heterocycles. The second-order valence-electron chi connectivity index (χ2n) is 9.09. The van der Waals surface area contributed by atoms with Crippen LogP contribution in [-0.2, 0) is 16.1 Å². The van der Waals surface area contributed by atoms with Crippen LogP contribution in [0.3, 0.4) is 0 Å². The van der Waals surface area contributed by atoms with Gasteiger partial charge in [-0.3, -0.25) is 9.59 Å². The summed E-state index contributed by atoms with van der Waals surface area (Å²) in [6.07, 6.45) is 3.97. The van der Waals surface area contributed by atoms with Gasteiger partial charge in [0.2, 0.25) is 5.91 Å². The molecule has 2 aromatic carbocycles. The average Bonchev–Trinajstić information content (AvgIpc) is 3.07. The molecule has 1 aliphatic rings. The fourth-order valence-corrected chi connectivity index (χ4v) is 5.35. The summed E-state index contributed by atoms with van der Waals surface area (Å²) in [6.45, 7) is 11.7. The fraction of sp³-hybridized carbons (Fsp3) is 0.333. The maximum absolute atomic E-state index is 13.0. The number of halogens is 1. The Labute approximate surface area is 198 Å². The number of aryl methyl sites for hydroxylation is 1. The normalized spacial score (nSPS) is 14.1. The molecule has 1 aromatic heterocycles. The van der Waals surface area contributed by atoms with Crippen LogP contribution < -0.4 is 0 Å². The van der Waals surface area contributed by atoms with Crippen LogP contribution in [0, 0.1) is 12.8 Å². The van der Waals surface area contributed by atoms with Gasteiger partial charge in [-0.25, -0.2) is 0 Å². The van der Waals surface area contributed by atoms with Crippen molar-refractivity contribution in [3.63, 3.8) is 0 Å². The lowest BCUT2D eigenvalue weighted by Crippen LogP contribution is -2.50. The molecule has 32 heavy (non-hydrogen) atoms. The van der Waals surface area contributed by atoms with E-state index in [4.69, 9.17) is 0 Å². The summed E-state index contributed by atoms with van der Waals surface area (Å²) in [5, 5.41) is 1.16. The SMILES string of the molecule is C=CC(=O)N1CC(CC(=O)Cn2cc(-c3ccccc3C(C)C)c3cc(Br)cc(C)c32)C1. The summed E-state index contributed by atoms with van der Waals surface area (Å²) >= 11 is 3.65. The highest BCUT2D eigenvalue weighted by atomic mass is 79.9. The summed E-state index contributed by atoms with van der Waals surface area (Å²) in [7, 11) is 0. The van der Waals surface area contributed by atoms with Crippen molar-refractivity contribution in [2.45, 2.75) is 39.7 Å². The number of carbonyl (C=O) groups excluding carboxylic acids is 2. The Morgan fingerprint density at radius 1 is 1.19 bits per heavy atom. The van der Waals surface area contributed by atoms with Gasteiger partial charge in [-0.1, -0.05) is 60.6 Å². The molecular formula is C27H29BrN2O2. The third kappa shape index (κ3) is 4.31. The molecule has 1 aliphatic heterocycles. The van der Waals surface area contributed by atoms with Crippen molar-refractivity contribution >= 4 is 38.5 Å². The van der Waals surface area contributed by atoms with Crippen LogP contribution >= 0.6 is 15.9 Å². The van der Waals surface area contributed by atoms with Gasteiger partial charge < -0.3 is 9.47 Å². The number of Topliss-reactive ketones (excluding diaryl/α,β-unsaturated/α-hetero) is 1. The number of benzene rings is 2. The number of hydrogen-bond donors (Lipinski definition) is 0. The number of amides is 1. The van der Waals surface area contributed by atoms with Crippen molar-refractivity contribution in [1.82, 2.24) is 9.47 Å². The van der Waals surface area contributed by atoms with Gasteiger partial charge in [0.15, 0.2) is 5.78 Å². The lowest BCUT2D eigenvalue weighted by atomic mass is 9.92. The molecule has 0 atom stereocenters. The molecule has 1 saturated heterocycles. The third-order valence-corrected chi connectivity index (χ3v) is 6.76. The Bertz CT molecular complexity index is 1200. The van der Waals surface area contributed by atoms with Gasteiger partial charge in [-0.05, 0) is 47.7 Å². The van der Waals surface area contributed by atoms with Crippen LogP contribution in [0.4, 0.5) is 0 Å². The quantitative estimate of drug-likeness (QED) is 0.373. The number of rotatable bonds is 7. The maximum atomic E-state index is 13.0. The number of hydrogen-bond acceptors (Lipinski definition) is 2. The second kappa shape index (κ2) is 9.07. The van der Waals surface area contributed by atoms with Crippen molar-refractivity contribution < 1.29 is 9.59 Å². The van der Waals surface area contributed by atoms with E-state index in [-0.39, 0.29) is 17.6 Å². The van der Waals surface area contributed by atoms with Crippen LogP contribution in [0.5, 0.6) is 0 Å². The topological polar surface area (TPSA) is 42.3 Å². The zero-order chi connectivity index (χ0) is 23.0.